The average molecular weight is 612 g/mol. The molecule has 1 fully saturated rings. The molecule has 1 aliphatic carbocycles. The maximum absolute atomic E-state index is 13.6. The molecule has 0 bridgehead atoms. The smallest absolute Gasteiger partial charge is 0.255 e. The van der Waals surface area contributed by atoms with Gasteiger partial charge in [-0.2, -0.15) is 0 Å². The second-order valence-corrected chi connectivity index (χ2v) is 13.2. The first-order valence-corrected chi connectivity index (χ1v) is 16.0. The van der Waals surface area contributed by atoms with E-state index in [1.54, 1.807) is 29.1 Å². The third kappa shape index (κ3) is 5.68. The minimum Gasteiger partial charge on any atom is -0.492 e. The zero-order chi connectivity index (χ0) is 31.2. The second kappa shape index (κ2) is 10.9. The fourth-order valence-electron chi connectivity index (χ4n) is 5.24. The zero-order valence-electron chi connectivity index (χ0n) is 25.1. The van der Waals surface area contributed by atoms with Crippen molar-refractivity contribution in [3.05, 3.63) is 89.7 Å². The van der Waals surface area contributed by atoms with E-state index in [0.29, 0.717) is 22.6 Å². The summed E-state index contributed by atoms with van der Waals surface area (Å²) in [6.45, 7) is 4.04. The van der Waals surface area contributed by atoms with E-state index in [1.807, 2.05) is 67.2 Å². The maximum Gasteiger partial charge on any atom is 0.255 e. The number of aryl methyl sites for hydroxylation is 1. The fourth-order valence-corrected chi connectivity index (χ4v) is 5.79. The number of nitrogens with one attached hydrogen (secondary N) is 2. The number of nitrogens with zero attached hydrogens (tertiary/aromatic N) is 5. The number of hydrogen-bond acceptors (Lipinski definition) is 7. The van der Waals surface area contributed by atoms with E-state index in [1.165, 1.54) is 7.11 Å². The van der Waals surface area contributed by atoms with Crippen molar-refractivity contribution < 1.29 is 17.9 Å². The van der Waals surface area contributed by atoms with Crippen LogP contribution in [-0.4, -0.2) is 52.2 Å². The van der Waals surface area contributed by atoms with Crippen molar-refractivity contribution in [2.75, 3.05) is 23.4 Å². The molecule has 1 aliphatic rings. The summed E-state index contributed by atoms with van der Waals surface area (Å²) in [6.07, 6.45) is 6.60. The predicted molar refractivity (Wildman–Crippen MR) is 170 cm³/mol. The van der Waals surface area contributed by atoms with Crippen molar-refractivity contribution in [2.45, 2.75) is 32.1 Å². The van der Waals surface area contributed by atoms with Gasteiger partial charge in [0.15, 0.2) is 5.75 Å². The molecule has 6 rings (SSSR count). The van der Waals surface area contributed by atoms with Crippen LogP contribution < -0.4 is 14.8 Å². The zero-order valence-corrected chi connectivity index (χ0v) is 25.9. The Balaban J connectivity index is 1.30. The molecule has 1 saturated carbocycles. The van der Waals surface area contributed by atoms with E-state index in [0.717, 1.165) is 47.3 Å². The number of sulfonamides is 1. The van der Waals surface area contributed by atoms with Gasteiger partial charge < -0.3 is 14.6 Å². The highest BCUT2D eigenvalue weighted by Crippen LogP contribution is 2.50. The number of imidazole rings is 1. The number of aromatic nitrogens is 5. The topological polar surface area (TPSA) is 133 Å². The molecule has 0 unspecified atom stereocenters. The Bertz CT molecular complexity index is 1990. The predicted octanol–water partition coefficient (Wildman–Crippen LogP) is 5.33. The molecule has 3 aromatic carbocycles. The van der Waals surface area contributed by atoms with Crippen molar-refractivity contribution >= 4 is 27.3 Å². The molecule has 1 amide bonds. The van der Waals surface area contributed by atoms with Crippen molar-refractivity contribution in [1.29, 1.82) is 0 Å². The number of carbonyl (C=O) groups is 1. The highest BCUT2D eigenvalue weighted by Gasteiger charge is 2.40. The summed E-state index contributed by atoms with van der Waals surface area (Å²) in [4.78, 5) is 18.2. The summed E-state index contributed by atoms with van der Waals surface area (Å²) in [6, 6.07) is 18.9. The first-order valence-electron chi connectivity index (χ1n) is 14.1. The van der Waals surface area contributed by atoms with Crippen LogP contribution in [-0.2, 0) is 22.5 Å². The van der Waals surface area contributed by atoms with Gasteiger partial charge in [0.05, 0.1) is 48.5 Å². The van der Waals surface area contributed by atoms with Crippen molar-refractivity contribution in [1.82, 2.24) is 24.5 Å². The largest absolute Gasteiger partial charge is 0.492 e. The average Bonchev–Trinajstić information content (AvgIpc) is 3.37. The number of benzene rings is 3. The van der Waals surface area contributed by atoms with Crippen LogP contribution in [0, 0.1) is 6.92 Å². The van der Waals surface area contributed by atoms with E-state index in [4.69, 9.17) is 4.74 Å². The number of hydrogen-bond donors (Lipinski definition) is 2. The highest BCUT2D eigenvalue weighted by molar-refractivity contribution is 7.92. The summed E-state index contributed by atoms with van der Waals surface area (Å²) >= 11 is 0. The molecular weight excluding hydrogens is 578 g/mol. The van der Waals surface area contributed by atoms with Crippen LogP contribution >= 0.6 is 0 Å². The summed E-state index contributed by atoms with van der Waals surface area (Å²) in [5.41, 5.74) is 5.90. The number of anilines is 2. The molecule has 0 spiro atoms. The normalized spacial score (nSPS) is 13.8. The molecule has 2 N–H and O–H groups in total. The van der Waals surface area contributed by atoms with Gasteiger partial charge in [0.25, 0.3) is 5.91 Å². The van der Waals surface area contributed by atoms with Gasteiger partial charge in [-0.1, -0.05) is 48.5 Å². The van der Waals surface area contributed by atoms with Crippen LogP contribution in [0.4, 0.5) is 11.4 Å². The molecule has 11 nitrogen and oxygen atoms in total. The van der Waals surface area contributed by atoms with Crippen molar-refractivity contribution in [2.24, 2.45) is 7.05 Å². The molecule has 2 heterocycles. The Morgan fingerprint density at radius 2 is 1.77 bits per heavy atom. The Morgan fingerprint density at radius 3 is 2.45 bits per heavy atom. The van der Waals surface area contributed by atoms with E-state index < -0.39 is 10.0 Å². The maximum atomic E-state index is 13.6. The molecule has 44 heavy (non-hydrogen) atoms. The van der Waals surface area contributed by atoms with E-state index in [9.17, 15) is 13.2 Å². The van der Waals surface area contributed by atoms with Crippen LogP contribution in [0.25, 0.3) is 28.5 Å². The minimum atomic E-state index is -3.59. The Kier molecular flexibility index (Phi) is 7.24. The number of amides is 1. The Hall–Kier alpha value is -4.97. The molecular formula is C32H33N7O4S. The minimum absolute atomic E-state index is 0.0861. The van der Waals surface area contributed by atoms with Gasteiger partial charge in [0.1, 0.15) is 11.5 Å². The quantitative estimate of drug-likeness (QED) is 0.230. The molecule has 226 valence electrons. The summed E-state index contributed by atoms with van der Waals surface area (Å²) in [7, 11) is -0.215. The summed E-state index contributed by atoms with van der Waals surface area (Å²) < 4.78 is 35.9. The number of carbonyl (C=O) groups excluding carboxylic acids is 1. The second-order valence-electron chi connectivity index (χ2n) is 11.4. The fraction of sp³-hybridized carbons (Fsp3) is 0.250. The summed E-state index contributed by atoms with van der Waals surface area (Å²) in [5.74, 6) is 0.665. The van der Waals surface area contributed by atoms with E-state index >= 15 is 0 Å². The number of rotatable bonds is 9. The summed E-state index contributed by atoms with van der Waals surface area (Å²) in [5, 5.41) is 11.7. The Morgan fingerprint density at radius 1 is 1.05 bits per heavy atom. The van der Waals surface area contributed by atoms with Crippen LogP contribution in [0.5, 0.6) is 5.75 Å². The lowest BCUT2D eigenvalue weighted by Gasteiger charge is -2.19. The third-order valence-corrected chi connectivity index (χ3v) is 8.62. The van der Waals surface area contributed by atoms with Gasteiger partial charge in [-0.05, 0) is 60.6 Å². The van der Waals surface area contributed by atoms with Gasteiger partial charge in [-0.3, -0.25) is 9.52 Å². The first-order chi connectivity index (χ1) is 21.0. The van der Waals surface area contributed by atoms with Crippen LogP contribution in [0.1, 0.15) is 41.3 Å². The van der Waals surface area contributed by atoms with Gasteiger partial charge in [-0.15, -0.1) is 5.10 Å². The van der Waals surface area contributed by atoms with Gasteiger partial charge in [-0.25, -0.2) is 18.1 Å². The highest BCUT2D eigenvalue weighted by atomic mass is 32.2. The molecule has 2 aromatic heterocycles. The lowest BCUT2D eigenvalue weighted by atomic mass is 9.96. The number of methoxy groups -OCH3 is 1. The molecule has 12 heteroatoms. The van der Waals surface area contributed by atoms with Crippen LogP contribution in [0.2, 0.25) is 0 Å². The lowest BCUT2D eigenvalue weighted by molar-refractivity contribution is 0.102. The molecule has 0 atom stereocenters. The number of ether oxygens (including phenoxy) is 1. The molecule has 0 saturated heterocycles. The van der Waals surface area contributed by atoms with Crippen molar-refractivity contribution in [3.8, 4) is 34.2 Å². The van der Waals surface area contributed by atoms with Crippen LogP contribution in [0.15, 0.2) is 73.1 Å². The SMILES string of the molecule is COc1c(NC(=O)c2ccc(C)c(-n3cc(-c4cnc(-c5ccccc5)n4C)nn3)c2)cc(C2(C)CC2)cc1NS(C)(=O)=O. The first kappa shape index (κ1) is 29.1. The third-order valence-electron chi connectivity index (χ3n) is 8.03. The Labute approximate surface area is 256 Å². The molecule has 0 aliphatic heterocycles. The van der Waals surface area contributed by atoms with Gasteiger partial charge in [0.2, 0.25) is 10.0 Å². The van der Waals surface area contributed by atoms with Gasteiger partial charge in [0, 0.05) is 18.2 Å². The monoisotopic (exact) mass is 611 g/mol. The van der Waals surface area contributed by atoms with Gasteiger partial charge >= 0.3 is 0 Å². The van der Waals surface area contributed by atoms with Crippen molar-refractivity contribution in [3.63, 3.8) is 0 Å². The lowest BCUT2D eigenvalue weighted by Crippen LogP contribution is -2.17. The molecule has 5 aromatic rings. The molecule has 0 radical (unpaired) electrons. The van der Waals surface area contributed by atoms with E-state index in [2.05, 4.69) is 32.3 Å². The van der Waals surface area contributed by atoms with Crippen LogP contribution in [0.3, 0.4) is 0 Å². The van der Waals surface area contributed by atoms with E-state index in [-0.39, 0.29) is 22.8 Å². The standard InChI is InChI=1S/C32H33N7O4S/c1-20-11-12-22(31(40)34-24-16-23(32(2)13-14-32)17-25(29(24)43-4)36-44(5,41)42)15-27(20)39-19-26(35-37-39)28-18-33-30(38(28)3)21-9-7-6-8-10-21/h6-12,15-19,36H,13-14H2,1-5H3,(H,34,40).